The van der Waals surface area contributed by atoms with Gasteiger partial charge in [-0.1, -0.05) is 6.92 Å². The lowest BCUT2D eigenvalue weighted by Gasteiger charge is -2.17. The number of pyridine rings is 1. The molecule has 174 valence electrons. The van der Waals surface area contributed by atoms with Crippen molar-refractivity contribution >= 4 is 29.1 Å². The second-order valence-corrected chi connectivity index (χ2v) is 8.55. The van der Waals surface area contributed by atoms with Crippen molar-refractivity contribution in [3.8, 4) is 11.4 Å². The minimum Gasteiger partial charge on any atom is -0.340 e. The molecule has 4 aromatic rings. The van der Waals surface area contributed by atoms with Crippen LogP contribution in [0, 0.1) is 6.92 Å². The Kier molecular flexibility index (Phi) is 5.35. The van der Waals surface area contributed by atoms with Gasteiger partial charge in [-0.3, -0.25) is 19.4 Å². The number of aromatic amines is 2. The Bertz CT molecular complexity index is 1510. The molecule has 0 atom stereocenters. The lowest BCUT2D eigenvalue weighted by Crippen LogP contribution is -2.29. The van der Waals surface area contributed by atoms with Crippen LogP contribution in [0.5, 0.6) is 0 Å². The average molecular weight is 459 g/mol. The molecule has 0 spiro atoms. The molecule has 0 saturated carbocycles. The summed E-state index contributed by atoms with van der Waals surface area (Å²) < 4.78 is 1.77. The molecule has 10 heteroatoms. The SMILES string of the molecule is CCc1c2c(nn1C)C(=O)N(C)CCCc1c[nH]c(=O)cc1-c1nc(C)c3n[nH]c(c3n1)C=C2. The Balaban J connectivity index is 1.75. The number of nitrogens with zero attached hydrogens (tertiary/aromatic N) is 6. The van der Waals surface area contributed by atoms with Crippen LogP contribution in [0.1, 0.15) is 52.0 Å². The van der Waals surface area contributed by atoms with Crippen LogP contribution in [0.15, 0.2) is 17.1 Å². The second-order valence-electron chi connectivity index (χ2n) is 8.55. The van der Waals surface area contributed by atoms with E-state index in [9.17, 15) is 9.59 Å². The third kappa shape index (κ3) is 3.60. The number of hydrogen-bond acceptors (Lipinski definition) is 6. The van der Waals surface area contributed by atoms with Crippen LogP contribution in [0.2, 0.25) is 0 Å². The number of hydrogen-bond donors (Lipinski definition) is 2. The Labute approximate surface area is 195 Å². The highest BCUT2D eigenvalue weighted by atomic mass is 16.2. The van der Waals surface area contributed by atoms with Gasteiger partial charge in [-0.2, -0.15) is 10.2 Å². The van der Waals surface area contributed by atoms with Gasteiger partial charge in [-0.05, 0) is 43.9 Å². The quantitative estimate of drug-likeness (QED) is 0.451. The van der Waals surface area contributed by atoms with E-state index in [2.05, 4.69) is 25.3 Å². The van der Waals surface area contributed by atoms with E-state index >= 15 is 0 Å². The van der Waals surface area contributed by atoms with Gasteiger partial charge in [0.05, 0.1) is 11.4 Å². The van der Waals surface area contributed by atoms with E-state index in [4.69, 9.17) is 4.98 Å². The third-order valence-corrected chi connectivity index (χ3v) is 6.30. The summed E-state index contributed by atoms with van der Waals surface area (Å²) in [6, 6.07) is 1.53. The molecular weight excluding hydrogens is 432 g/mol. The zero-order valence-electron chi connectivity index (χ0n) is 19.6. The summed E-state index contributed by atoms with van der Waals surface area (Å²) in [6.07, 6.45) is 7.57. The van der Waals surface area contributed by atoms with Crippen molar-refractivity contribution in [3.63, 3.8) is 0 Å². The van der Waals surface area contributed by atoms with Crippen LogP contribution < -0.4 is 5.56 Å². The maximum absolute atomic E-state index is 13.3. The van der Waals surface area contributed by atoms with Gasteiger partial charge in [0, 0.05) is 49.7 Å². The molecule has 10 nitrogen and oxygen atoms in total. The minimum atomic E-state index is -0.216. The predicted octanol–water partition coefficient (Wildman–Crippen LogP) is 2.50. The molecule has 0 aliphatic carbocycles. The standard InChI is InChI=1S/C24H26N8O2/c1-5-18-15-8-9-17-22-20(29-28-17)13(2)26-23(27-22)16-11-19(33)25-12-14(16)7-6-10-31(3)24(34)21(15)30-32(18)4/h8-9,11-12H,5-7,10H2,1-4H3,(H,25,33)(H,28,29). The van der Waals surface area contributed by atoms with E-state index in [0.717, 1.165) is 28.9 Å². The Morgan fingerprint density at radius 3 is 2.74 bits per heavy atom. The number of fused-ring (bicyclic) bond motifs is 4. The molecular formula is C24H26N8O2. The molecule has 0 aromatic carbocycles. The Morgan fingerprint density at radius 2 is 1.94 bits per heavy atom. The maximum atomic E-state index is 13.3. The molecule has 2 bridgehead atoms. The molecule has 1 aliphatic heterocycles. The van der Waals surface area contributed by atoms with Gasteiger partial charge in [-0.15, -0.1) is 0 Å². The molecule has 5 rings (SSSR count). The van der Waals surface area contributed by atoms with Gasteiger partial charge < -0.3 is 9.88 Å². The maximum Gasteiger partial charge on any atom is 0.274 e. The van der Waals surface area contributed by atoms with E-state index in [0.29, 0.717) is 53.2 Å². The summed E-state index contributed by atoms with van der Waals surface area (Å²) in [5, 5.41) is 12.0. The van der Waals surface area contributed by atoms with Crippen LogP contribution in [-0.4, -0.2) is 59.3 Å². The molecule has 0 radical (unpaired) electrons. The number of aryl methyl sites for hydroxylation is 3. The van der Waals surface area contributed by atoms with Crippen molar-refractivity contribution < 1.29 is 4.79 Å². The van der Waals surface area contributed by atoms with Gasteiger partial charge >= 0.3 is 0 Å². The third-order valence-electron chi connectivity index (χ3n) is 6.30. The summed E-state index contributed by atoms with van der Waals surface area (Å²) in [7, 11) is 3.65. The first-order valence-electron chi connectivity index (χ1n) is 11.3. The number of carbonyl (C=O) groups excluding carboxylic acids is 1. The monoisotopic (exact) mass is 458 g/mol. The highest BCUT2D eigenvalue weighted by molar-refractivity contribution is 5.98. The second kappa shape index (κ2) is 8.36. The molecule has 0 unspecified atom stereocenters. The number of amides is 1. The highest BCUT2D eigenvalue weighted by Crippen LogP contribution is 2.27. The fourth-order valence-electron chi connectivity index (χ4n) is 4.49. The first-order valence-corrected chi connectivity index (χ1v) is 11.3. The van der Waals surface area contributed by atoms with Gasteiger partial charge in [0.15, 0.2) is 11.5 Å². The lowest BCUT2D eigenvalue weighted by molar-refractivity contribution is 0.0787. The van der Waals surface area contributed by atoms with E-state index in [1.54, 1.807) is 22.8 Å². The average Bonchev–Trinajstić information content (AvgIpc) is 3.37. The molecule has 0 saturated heterocycles. The number of H-pyrrole nitrogens is 2. The van der Waals surface area contributed by atoms with E-state index in [1.807, 2.05) is 33.0 Å². The van der Waals surface area contributed by atoms with Crippen LogP contribution in [0.4, 0.5) is 0 Å². The molecule has 5 heterocycles. The first-order chi connectivity index (χ1) is 16.4. The molecule has 4 aromatic heterocycles. The van der Waals surface area contributed by atoms with Crippen LogP contribution >= 0.6 is 0 Å². The Morgan fingerprint density at radius 1 is 1.12 bits per heavy atom. The summed E-state index contributed by atoms with van der Waals surface area (Å²) in [6.45, 7) is 4.47. The molecule has 0 fully saturated rings. The largest absolute Gasteiger partial charge is 0.340 e. The van der Waals surface area contributed by atoms with Gasteiger partial charge in [0.1, 0.15) is 11.0 Å². The number of rotatable bonds is 1. The lowest BCUT2D eigenvalue weighted by atomic mass is 10.0. The van der Waals surface area contributed by atoms with E-state index in [1.165, 1.54) is 6.07 Å². The summed E-state index contributed by atoms with van der Waals surface area (Å²) >= 11 is 0. The topological polar surface area (TPSA) is 125 Å². The zero-order chi connectivity index (χ0) is 24.0. The molecule has 1 amide bonds. The van der Waals surface area contributed by atoms with Gasteiger partial charge in [0.25, 0.3) is 5.91 Å². The molecule has 34 heavy (non-hydrogen) atoms. The van der Waals surface area contributed by atoms with Crippen molar-refractivity contribution in [3.05, 3.63) is 56.5 Å². The van der Waals surface area contributed by atoms with Crippen molar-refractivity contribution in [2.75, 3.05) is 13.6 Å². The number of carbonyl (C=O) groups is 1. The fraction of sp³-hybridized carbons (Fsp3) is 0.333. The zero-order valence-corrected chi connectivity index (χ0v) is 19.6. The van der Waals surface area contributed by atoms with Crippen LogP contribution in [-0.2, 0) is 19.9 Å². The minimum absolute atomic E-state index is 0.127. The van der Waals surface area contributed by atoms with Gasteiger partial charge in [-0.25, -0.2) is 9.97 Å². The van der Waals surface area contributed by atoms with Crippen molar-refractivity contribution in [1.82, 2.24) is 39.8 Å². The molecule has 1 aliphatic rings. The van der Waals surface area contributed by atoms with Gasteiger partial charge in [0.2, 0.25) is 5.56 Å². The van der Waals surface area contributed by atoms with Crippen LogP contribution in [0.25, 0.3) is 34.6 Å². The molecule has 2 N–H and O–H groups in total. The first kappa shape index (κ1) is 21.7. The Hall–Kier alpha value is -4.08. The predicted molar refractivity (Wildman–Crippen MR) is 129 cm³/mol. The summed E-state index contributed by atoms with van der Waals surface area (Å²) in [5.74, 6) is 0.357. The highest BCUT2D eigenvalue weighted by Gasteiger charge is 2.23. The van der Waals surface area contributed by atoms with Crippen molar-refractivity contribution in [2.45, 2.75) is 33.1 Å². The fourth-order valence-corrected chi connectivity index (χ4v) is 4.49. The number of aromatic nitrogens is 7. The summed E-state index contributed by atoms with van der Waals surface area (Å²) in [5.41, 5.74) is 6.31. The number of nitrogens with one attached hydrogen (secondary N) is 2. The smallest absolute Gasteiger partial charge is 0.274 e. The normalized spacial score (nSPS) is 14.2. The van der Waals surface area contributed by atoms with Crippen molar-refractivity contribution in [2.24, 2.45) is 7.05 Å². The van der Waals surface area contributed by atoms with E-state index < -0.39 is 0 Å². The van der Waals surface area contributed by atoms with Crippen LogP contribution in [0.3, 0.4) is 0 Å². The van der Waals surface area contributed by atoms with Crippen molar-refractivity contribution in [1.29, 1.82) is 0 Å². The summed E-state index contributed by atoms with van der Waals surface area (Å²) in [4.78, 5) is 39.4. The van der Waals surface area contributed by atoms with E-state index in [-0.39, 0.29) is 11.5 Å².